The van der Waals surface area contributed by atoms with Crippen LogP contribution in [-0.4, -0.2) is 31.6 Å². The van der Waals surface area contributed by atoms with E-state index in [9.17, 15) is 18.8 Å². The molecule has 0 aromatic heterocycles. The molecule has 0 radical (unpaired) electrons. The van der Waals surface area contributed by atoms with Gasteiger partial charge in [-0.25, -0.2) is 14.0 Å². The predicted molar refractivity (Wildman–Crippen MR) is 96.3 cm³/mol. The van der Waals surface area contributed by atoms with Gasteiger partial charge < -0.3 is 14.8 Å². The number of imide groups is 1. The third-order valence-corrected chi connectivity index (χ3v) is 3.74. The Labute approximate surface area is 155 Å². The van der Waals surface area contributed by atoms with E-state index in [0.29, 0.717) is 5.69 Å². The Balaban J connectivity index is 1.84. The maximum atomic E-state index is 13.6. The van der Waals surface area contributed by atoms with Gasteiger partial charge in [-0.15, -0.1) is 0 Å². The monoisotopic (exact) mass is 374 g/mol. The van der Waals surface area contributed by atoms with E-state index in [1.807, 2.05) is 25.2 Å². The Morgan fingerprint density at radius 1 is 1.04 bits per heavy atom. The number of urea groups is 1. The van der Waals surface area contributed by atoms with Crippen LogP contribution in [0.1, 0.15) is 21.5 Å². The number of benzene rings is 2. The standard InChI is InChI=1S/C19H19FN2O5/c1-11-4-6-14(8-12(11)2)21-19(25)22-17(23)10-27-18(24)13-5-7-16(26-3)15(20)9-13/h4-9H,10H2,1-3H3,(H2,21,22,23,25). The van der Waals surface area contributed by atoms with Crippen molar-refractivity contribution in [2.24, 2.45) is 0 Å². The number of carbonyl (C=O) groups is 3. The topological polar surface area (TPSA) is 93.7 Å². The second-order valence-corrected chi connectivity index (χ2v) is 5.73. The summed E-state index contributed by atoms with van der Waals surface area (Å²) in [5, 5.41) is 4.54. The molecule has 0 bridgehead atoms. The second-order valence-electron chi connectivity index (χ2n) is 5.73. The van der Waals surface area contributed by atoms with E-state index in [1.165, 1.54) is 19.2 Å². The lowest BCUT2D eigenvalue weighted by Crippen LogP contribution is -2.37. The minimum Gasteiger partial charge on any atom is -0.494 e. The summed E-state index contributed by atoms with van der Waals surface area (Å²) in [4.78, 5) is 35.4. The van der Waals surface area contributed by atoms with Gasteiger partial charge in [-0.2, -0.15) is 0 Å². The summed E-state index contributed by atoms with van der Waals surface area (Å²) in [6.07, 6.45) is 0. The van der Waals surface area contributed by atoms with Gasteiger partial charge in [0.05, 0.1) is 12.7 Å². The van der Waals surface area contributed by atoms with Gasteiger partial charge in [0.15, 0.2) is 18.2 Å². The highest BCUT2D eigenvalue weighted by Gasteiger charge is 2.14. The molecule has 0 aliphatic rings. The molecule has 7 nitrogen and oxygen atoms in total. The lowest BCUT2D eigenvalue weighted by atomic mass is 10.1. The Hall–Kier alpha value is -3.42. The number of methoxy groups -OCH3 is 1. The SMILES string of the molecule is COc1ccc(C(=O)OCC(=O)NC(=O)Nc2ccc(C)c(C)c2)cc1F. The van der Waals surface area contributed by atoms with Crippen LogP contribution in [0.4, 0.5) is 14.9 Å². The Morgan fingerprint density at radius 3 is 2.41 bits per heavy atom. The summed E-state index contributed by atoms with van der Waals surface area (Å²) >= 11 is 0. The van der Waals surface area contributed by atoms with Crippen LogP contribution in [0.2, 0.25) is 0 Å². The van der Waals surface area contributed by atoms with Gasteiger partial charge in [0, 0.05) is 5.69 Å². The number of anilines is 1. The Kier molecular flexibility index (Phi) is 6.48. The van der Waals surface area contributed by atoms with Crippen LogP contribution in [0.3, 0.4) is 0 Å². The van der Waals surface area contributed by atoms with Crippen LogP contribution in [0.15, 0.2) is 36.4 Å². The van der Waals surface area contributed by atoms with Crippen LogP contribution >= 0.6 is 0 Å². The zero-order valence-electron chi connectivity index (χ0n) is 15.1. The molecule has 0 atom stereocenters. The zero-order chi connectivity index (χ0) is 20.0. The minimum atomic E-state index is -0.902. The van der Waals surface area contributed by atoms with E-state index in [1.54, 1.807) is 12.1 Å². The first-order valence-electron chi connectivity index (χ1n) is 7.99. The van der Waals surface area contributed by atoms with Gasteiger partial charge in [-0.05, 0) is 55.3 Å². The normalized spacial score (nSPS) is 10.1. The van der Waals surface area contributed by atoms with Gasteiger partial charge in [0.1, 0.15) is 0 Å². The Bertz CT molecular complexity index is 882. The molecule has 2 aromatic carbocycles. The fraction of sp³-hybridized carbons (Fsp3) is 0.211. The van der Waals surface area contributed by atoms with Crippen LogP contribution in [0.25, 0.3) is 0 Å². The summed E-state index contributed by atoms with van der Waals surface area (Å²) in [5.74, 6) is -2.48. The number of hydrogen-bond donors (Lipinski definition) is 2. The molecule has 0 saturated heterocycles. The molecule has 0 spiro atoms. The third-order valence-electron chi connectivity index (χ3n) is 3.74. The number of amides is 3. The summed E-state index contributed by atoms with van der Waals surface area (Å²) in [6.45, 7) is 3.14. The quantitative estimate of drug-likeness (QED) is 0.785. The molecule has 2 N–H and O–H groups in total. The average molecular weight is 374 g/mol. The van der Waals surface area contributed by atoms with Crippen molar-refractivity contribution in [1.29, 1.82) is 0 Å². The number of carbonyl (C=O) groups excluding carboxylic acids is 3. The molecular weight excluding hydrogens is 355 g/mol. The highest BCUT2D eigenvalue weighted by Crippen LogP contribution is 2.18. The molecule has 0 unspecified atom stereocenters. The van der Waals surface area contributed by atoms with Crippen molar-refractivity contribution < 1.29 is 28.2 Å². The Morgan fingerprint density at radius 2 is 1.78 bits per heavy atom. The lowest BCUT2D eigenvalue weighted by Gasteiger charge is -2.09. The smallest absolute Gasteiger partial charge is 0.338 e. The van der Waals surface area contributed by atoms with E-state index in [2.05, 4.69) is 5.32 Å². The molecule has 27 heavy (non-hydrogen) atoms. The molecule has 142 valence electrons. The van der Waals surface area contributed by atoms with Gasteiger partial charge >= 0.3 is 12.0 Å². The molecule has 8 heteroatoms. The van der Waals surface area contributed by atoms with Gasteiger partial charge in [-0.1, -0.05) is 6.07 Å². The maximum absolute atomic E-state index is 13.6. The third kappa shape index (κ3) is 5.53. The van der Waals surface area contributed by atoms with Crippen LogP contribution in [-0.2, 0) is 9.53 Å². The average Bonchev–Trinajstić information content (AvgIpc) is 2.62. The molecule has 0 saturated carbocycles. The molecular formula is C19H19FN2O5. The van der Waals surface area contributed by atoms with Crippen molar-refractivity contribution in [3.8, 4) is 5.75 Å². The number of rotatable bonds is 5. The lowest BCUT2D eigenvalue weighted by molar-refractivity contribution is -0.123. The van der Waals surface area contributed by atoms with Crippen molar-refractivity contribution in [1.82, 2.24) is 5.32 Å². The number of aryl methyl sites for hydroxylation is 2. The van der Waals surface area contributed by atoms with E-state index in [-0.39, 0.29) is 11.3 Å². The van der Waals surface area contributed by atoms with Crippen molar-refractivity contribution >= 4 is 23.6 Å². The molecule has 0 aliphatic heterocycles. The molecule has 2 aromatic rings. The predicted octanol–water partition coefficient (Wildman–Crippen LogP) is 2.96. The summed E-state index contributed by atoms with van der Waals surface area (Å²) in [7, 11) is 1.30. The first-order chi connectivity index (χ1) is 12.8. The van der Waals surface area contributed by atoms with Gasteiger partial charge in [0.2, 0.25) is 0 Å². The van der Waals surface area contributed by atoms with E-state index >= 15 is 0 Å². The number of nitrogens with one attached hydrogen (secondary N) is 2. The summed E-state index contributed by atoms with van der Waals surface area (Å²) in [6, 6.07) is 8.04. The molecule has 0 heterocycles. The number of halogens is 1. The largest absolute Gasteiger partial charge is 0.494 e. The number of esters is 1. The molecule has 0 fully saturated rings. The van der Waals surface area contributed by atoms with Crippen molar-refractivity contribution in [3.05, 3.63) is 58.9 Å². The second kappa shape index (κ2) is 8.79. The van der Waals surface area contributed by atoms with Gasteiger partial charge in [-0.3, -0.25) is 10.1 Å². The van der Waals surface area contributed by atoms with Crippen LogP contribution in [0, 0.1) is 19.7 Å². The summed E-state index contributed by atoms with van der Waals surface area (Å²) < 4.78 is 23.1. The van der Waals surface area contributed by atoms with Crippen LogP contribution in [0.5, 0.6) is 5.75 Å². The maximum Gasteiger partial charge on any atom is 0.338 e. The summed E-state index contributed by atoms with van der Waals surface area (Å²) in [5.41, 5.74) is 2.49. The van der Waals surface area contributed by atoms with E-state index in [4.69, 9.17) is 9.47 Å². The first kappa shape index (κ1) is 19.9. The fourth-order valence-electron chi connectivity index (χ4n) is 2.15. The van der Waals surface area contributed by atoms with Crippen LogP contribution < -0.4 is 15.4 Å². The van der Waals surface area contributed by atoms with Crippen molar-refractivity contribution in [3.63, 3.8) is 0 Å². The molecule has 0 aliphatic carbocycles. The highest BCUT2D eigenvalue weighted by molar-refractivity contribution is 6.02. The van der Waals surface area contributed by atoms with E-state index < -0.39 is 30.3 Å². The number of hydrogen-bond acceptors (Lipinski definition) is 5. The zero-order valence-corrected chi connectivity index (χ0v) is 15.1. The van der Waals surface area contributed by atoms with Crippen molar-refractivity contribution in [2.45, 2.75) is 13.8 Å². The van der Waals surface area contributed by atoms with Gasteiger partial charge in [0.25, 0.3) is 5.91 Å². The minimum absolute atomic E-state index is 0.0210. The molecule has 3 amide bonds. The first-order valence-corrected chi connectivity index (χ1v) is 7.99. The highest BCUT2D eigenvalue weighted by atomic mass is 19.1. The van der Waals surface area contributed by atoms with E-state index in [0.717, 1.165) is 17.2 Å². The van der Waals surface area contributed by atoms with Crippen molar-refractivity contribution in [2.75, 3.05) is 19.0 Å². The molecule has 2 rings (SSSR count). The fourth-order valence-corrected chi connectivity index (χ4v) is 2.15. The number of ether oxygens (including phenoxy) is 2.